The Morgan fingerprint density at radius 1 is 1.31 bits per heavy atom. The van der Waals surface area contributed by atoms with Crippen molar-refractivity contribution in [2.24, 2.45) is 0 Å². The molecular formula is C18H22N2O5S. The first kappa shape index (κ1) is 18.6. The molecule has 2 aromatic rings. The van der Waals surface area contributed by atoms with Gasteiger partial charge in [0.2, 0.25) is 10.0 Å². The maximum atomic E-state index is 12.5. The molecule has 1 aliphatic rings. The van der Waals surface area contributed by atoms with E-state index in [2.05, 4.69) is 4.72 Å². The lowest BCUT2D eigenvalue weighted by Gasteiger charge is -2.30. The average molecular weight is 378 g/mol. The van der Waals surface area contributed by atoms with E-state index in [9.17, 15) is 18.3 Å². The highest BCUT2D eigenvalue weighted by Crippen LogP contribution is 2.23. The van der Waals surface area contributed by atoms with E-state index in [1.807, 2.05) is 0 Å². The van der Waals surface area contributed by atoms with Gasteiger partial charge in [-0.15, -0.1) is 0 Å². The third-order valence-corrected chi connectivity index (χ3v) is 5.80. The normalized spacial score (nSPS) is 15.6. The second-order valence-electron chi connectivity index (χ2n) is 6.45. The molecule has 0 unspecified atom stereocenters. The van der Waals surface area contributed by atoms with Crippen LogP contribution in [0, 0.1) is 6.92 Å². The molecule has 0 saturated carbocycles. The fourth-order valence-corrected chi connectivity index (χ4v) is 4.03. The second kappa shape index (κ2) is 7.22. The van der Waals surface area contributed by atoms with Crippen LogP contribution in [0.5, 0.6) is 0 Å². The molecular weight excluding hydrogens is 356 g/mol. The van der Waals surface area contributed by atoms with Crippen molar-refractivity contribution in [1.82, 2.24) is 9.62 Å². The Hall–Kier alpha value is -2.16. The molecule has 7 nitrogen and oxygen atoms in total. The molecule has 0 bridgehead atoms. The van der Waals surface area contributed by atoms with Crippen LogP contribution in [0.3, 0.4) is 0 Å². The Labute approximate surface area is 152 Å². The van der Waals surface area contributed by atoms with E-state index in [1.54, 1.807) is 42.2 Å². The number of nitrogens with zero attached hydrogens (tertiary/aromatic N) is 1. The lowest BCUT2D eigenvalue weighted by Crippen LogP contribution is -2.41. The van der Waals surface area contributed by atoms with E-state index in [0.29, 0.717) is 25.3 Å². The van der Waals surface area contributed by atoms with Gasteiger partial charge in [-0.05, 0) is 55.7 Å². The van der Waals surface area contributed by atoms with Gasteiger partial charge in [-0.1, -0.05) is 6.07 Å². The van der Waals surface area contributed by atoms with Gasteiger partial charge in [0.05, 0.1) is 11.4 Å². The molecule has 0 spiro atoms. The molecule has 140 valence electrons. The van der Waals surface area contributed by atoms with Crippen molar-refractivity contribution in [3.8, 4) is 0 Å². The van der Waals surface area contributed by atoms with Gasteiger partial charge < -0.3 is 14.4 Å². The predicted octanol–water partition coefficient (Wildman–Crippen LogP) is 1.33. The maximum absolute atomic E-state index is 12.5. The molecule has 2 heterocycles. The largest absolute Gasteiger partial charge is 0.465 e. The molecule has 8 heteroatoms. The van der Waals surface area contributed by atoms with Gasteiger partial charge in [-0.3, -0.25) is 4.79 Å². The van der Waals surface area contributed by atoms with Gasteiger partial charge in [0.25, 0.3) is 5.91 Å². The topological polar surface area (TPSA) is 99.9 Å². The molecule has 0 saturated heterocycles. The minimum atomic E-state index is -3.70. The summed E-state index contributed by atoms with van der Waals surface area (Å²) in [6.07, 6.45) is -0.436. The molecule has 2 N–H and O–H groups in total. The molecule has 0 fully saturated rings. The van der Waals surface area contributed by atoms with Crippen molar-refractivity contribution in [3.05, 3.63) is 53.0 Å². The zero-order chi connectivity index (χ0) is 18.9. The summed E-state index contributed by atoms with van der Waals surface area (Å²) in [4.78, 5) is 13.7. The average Bonchev–Trinajstić information content (AvgIpc) is 3.03. The van der Waals surface area contributed by atoms with Gasteiger partial charge in [0, 0.05) is 13.1 Å². The summed E-state index contributed by atoms with van der Waals surface area (Å²) in [6.45, 7) is 4.10. The smallest absolute Gasteiger partial charge is 0.251 e. The van der Waals surface area contributed by atoms with Gasteiger partial charge in [0.1, 0.15) is 17.6 Å². The summed E-state index contributed by atoms with van der Waals surface area (Å²) in [7, 11) is -3.70. The van der Waals surface area contributed by atoms with Crippen molar-refractivity contribution in [1.29, 1.82) is 0 Å². The highest BCUT2D eigenvalue weighted by atomic mass is 32.2. The second-order valence-corrected chi connectivity index (χ2v) is 8.22. The quantitative estimate of drug-likeness (QED) is 0.818. The van der Waals surface area contributed by atoms with Crippen LogP contribution in [0.4, 0.5) is 0 Å². The van der Waals surface area contributed by atoms with E-state index in [-0.39, 0.29) is 17.3 Å². The van der Waals surface area contributed by atoms with Crippen molar-refractivity contribution in [3.63, 3.8) is 0 Å². The first-order chi connectivity index (χ1) is 12.3. The number of hydrogen-bond acceptors (Lipinski definition) is 5. The first-order valence-corrected chi connectivity index (χ1v) is 9.88. The molecule has 1 amide bonds. The number of carbonyl (C=O) groups excluding carboxylic acids is 1. The molecule has 26 heavy (non-hydrogen) atoms. The fourth-order valence-electron chi connectivity index (χ4n) is 2.98. The Kier molecular flexibility index (Phi) is 5.17. The summed E-state index contributed by atoms with van der Waals surface area (Å²) >= 11 is 0. The van der Waals surface area contributed by atoms with Crippen LogP contribution in [0.1, 0.15) is 29.6 Å². The van der Waals surface area contributed by atoms with Gasteiger partial charge in [-0.25, -0.2) is 13.1 Å². The van der Waals surface area contributed by atoms with Gasteiger partial charge >= 0.3 is 0 Å². The number of fused-ring (bicyclic) bond motifs is 1. The lowest BCUT2D eigenvalue weighted by atomic mass is 9.99. The highest BCUT2D eigenvalue weighted by Gasteiger charge is 2.25. The molecule has 0 aliphatic carbocycles. The third kappa shape index (κ3) is 3.98. The molecule has 3 rings (SSSR count). The van der Waals surface area contributed by atoms with E-state index in [0.717, 1.165) is 16.9 Å². The predicted molar refractivity (Wildman–Crippen MR) is 94.7 cm³/mol. The summed E-state index contributed by atoms with van der Waals surface area (Å²) in [6, 6.07) is 8.44. The number of nitrogens with one attached hydrogen (secondary N) is 1. The van der Waals surface area contributed by atoms with E-state index in [1.165, 1.54) is 6.92 Å². The summed E-state index contributed by atoms with van der Waals surface area (Å²) in [5, 5.41) is 9.48. The van der Waals surface area contributed by atoms with Crippen molar-refractivity contribution in [2.75, 3.05) is 6.54 Å². The number of benzene rings is 1. The summed E-state index contributed by atoms with van der Waals surface area (Å²) < 4.78 is 33.0. The first-order valence-electron chi connectivity index (χ1n) is 8.40. The molecule has 0 radical (unpaired) electrons. The number of carbonyl (C=O) groups is 1. The number of amides is 1. The van der Waals surface area contributed by atoms with E-state index >= 15 is 0 Å². The standard InChI is InChI=1S/C18H22N2O5S/c1-12-3-5-16(25-12)10-19-26(23,24)17-6-4-14-7-8-20(11-15(14)9-17)18(22)13(2)21/h3-6,9,13,19,21H,7-8,10-11H2,1-2H3/t13-/m1/s1. The summed E-state index contributed by atoms with van der Waals surface area (Å²) in [5.74, 6) is 0.906. The van der Waals surface area contributed by atoms with Crippen LogP contribution in [-0.4, -0.2) is 37.0 Å². The van der Waals surface area contributed by atoms with Gasteiger partial charge in [-0.2, -0.15) is 0 Å². The Balaban J connectivity index is 1.77. The number of aliphatic hydroxyl groups excluding tert-OH is 1. The number of aryl methyl sites for hydroxylation is 1. The number of furan rings is 1. The molecule has 1 aromatic heterocycles. The zero-order valence-electron chi connectivity index (χ0n) is 14.7. The fraction of sp³-hybridized carbons (Fsp3) is 0.389. The van der Waals surface area contributed by atoms with E-state index in [4.69, 9.17) is 4.42 Å². The van der Waals surface area contributed by atoms with Crippen LogP contribution in [0.15, 0.2) is 39.6 Å². The number of rotatable bonds is 5. The third-order valence-electron chi connectivity index (χ3n) is 4.40. The molecule has 1 aromatic carbocycles. The van der Waals surface area contributed by atoms with Gasteiger partial charge in [0.15, 0.2) is 0 Å². The van der Waals surface area contributed by atoms with Crippen LogP contribution in [0.2, 0.25) is 0 Å². The lowest BCUT2D eigenvalue weighted by molar-refractivity contribution is -0.140. The van der Waals surface area contributed by atoms with E-state index < -0.39 is 16.1 Å². The molecule has 1 aliphatic heterocycles. The van der Waals surface area contributed by atoms with Crippen LogP contribution in [0.25, 0.3) is 0 Å². The Bertz CT molecular complexity index is 917. The zero-order valence-corrected chi connectivity index (χ0v) is 15.5. The SMILES string of the molecule is Cc1ccc(CNS(=O)(=O)c2ccc3c(c2)CN(C(=O)[C@@H](C)O)CC3)o1. The van der Waals surface area contributed by atoms with Crippen LogP contribution < -0.4 is 4.72 Å². The maximum Gasteiger partial charge on any atom is 0.251 e. The number of aliphatic hydroxyl groups is 1. The van der Waals surface area contributed by atoms with Crippen LogP contribution in [-0.2, 0) is 34.3 Å². The summed E-state index contributed by atoms with van der Waals surface area (Å²) in [5.41, 5.74) is 1.79. The Morgan fingerprint density at radius 2 is 2.08 bits per heavy atom. The van der Waals surface area contributed by atoms with Crippen molar-refractivity contribution in [2.45, 2.75) is 44.4 Å². The Morgan fingerprint density at radius 3 is 2.73 bits per heavy atom. The minimum absolute atomic E-state index is 0.0693. The minimum Gasteiger partial charge on any atom is -0.465 e. The highest BCUT2D eigenvalue weighted by molar-refractivity contribution is 7.89. The van der Waals surface area contributed by atoms with Crippen molar-refractivity contribution >= 4 is 15.9 Å². The van der Waals surface area contributed by atoms with Crippen LogP contribution >= 0.6 is 0 Å². The van der Waals surface area contributed by atoms with Crippen molar-refractivity contribution < 1.29 is 22.7 Å². The number of sulfonamides is 1. The number of hydrogen-bond donors (Lipinski definition) is 2. The monoisotopic (exact) mass is 378 g/mol. The molecule has 1 atom stereocenters.